The van der Waals surface area contributed by atoms with Crippen molar-refractivity contribution in [1.29, 1.82) is 0 Å². The van der Waals surface area contributed by atoms with E-state index >= 15 is 0 Å². The smallest absolute Gasteiger partial charge is 0.220 e. The van der Waals surface area contributed by atoms with Crippen LogP contribution in [0.4, 0.5) is 0 Å². The van der Waals surface area contributed by atoms with Crippen molar-refractivity contribution in [2.75, 3.05) is 6.61 Å². The van der Waals surface area contributed by atoms with Crippen LogP contribution in [0.1, 0.15) is 219 Å². The van der Waals surface area contributed by atoms with Crippen molar-refractivity contribution in [3.63, 3.8) is 0 Å². The molecule has 0 aliphatic heterocycles. The Morgan fingerprint density at radius 1 is 0.477 bits per heavy atom. The molecule has 5 nitrogen and oxygen atoms in total. The summed E-state index contributed by atoms with van der Waals surface area (Å²) < 4.78 is 0. The van der Waals surface area contributed by atoms with Crippen molar-refractivity contribution in [2.24, 2.45) is 0 Å². The summed E-state index contributed by atoms with van der Waals surface area (Å²) in [5.74, 6) is -0.142. The standard InChI is InChI=1S/C39H79NO4/c1-3-5-7-9-11-13-15-16-17-18-19-20-21-22-23-24-26-28-30-32-34-38(43)40-36(35-41)39(44)37(42)33-31-29-27-25-14-12-10-8-6-4-2/h36-37,39,41-42,44H,3-35H2,1-2H3,(H,40,43)/t36-,37+,39-/m0/s1. The maximum Gasteiger partial charge on any atom is 0.220 e. The number of aliphatic hydroxyl groups excluding tert-OH is 3. The van der Waals surface area contributed by atoms with Crippen molar-refractivity contribution in [3.8, 4) is 0 Å². The molecule has 1 amide bonds. The lowest BCUT2D eigenvalue weighted by Gasteiger charge is -2.26. The Labute approximate surface area is 275 Å². The van der Waals surface area contributed by atoms with Crippen LogP contribution in [0.25, 0.3) is 0 Å². The molecule has 3 atom stereocenters. The highest BCUT2D eigenvalue weighted by Gasteiger charge is 2.26. The van der Waals surface area contributed by atoms with Crippen molar-refractivity contribution in [2.45, 2.75) is 238 Å². The SMILES string of the molecule is CCCCCCCCCCCCCCCCCCCCCCC(=O)N[C@@H](CO)[C@H](O)[C@H](O)CCCCCCCCCCCC. The summed E-state index contributed by atoms with van der Waals surface area (Å²) in [5, 5.41) is 33.3. The van der Waals surface area contributed by atoms with Gasteiger partial charge in [0, 0.05) is 6.42 Å². The van der Waals surface area contributed by atoms with E-state index in [9.17, 15) is 20.1 Å². The van der Waals surface area contributed by atoms with Gasteiger partial charge in [-0.1, -0.05) is 200 Å². The molecule has 5 heteroatoms. The number of carbonyl (C=O) groups excluding carboxylic acids is 1. The molecule has 264 valence electrons. The van der Waals surface area contributed by atoms with Crippen LogP contribution in [0.2, 0.25) is 0 Å². The third-order valence-electron chi connectivity index (χ3n) is 9.46. The first-order valence-electron chi connectivity index (χ1n) is 19.8. The van der Waals surface area contributed by atoms with Crippen molar-refractivity contribution in [3.05, 3.63) is 0 Å². The maximum atomic E-state index is 12.4. The van der Waals surface area contributed by atoms with Gasteiger partial charge in [-0.05, 0) is 12.8 Å². The average molecular weight is 626 g/mol. The van der Waals surface area contributed by atoms with Gasteiger partial charge in [-0.2, -0.15) is 0 Å². The van der Waals surface area contributed by atoms with E-state index in [1.807, 2.05) is 0 Å². The molecule has 0 radical (unpaired) electrons. The first-order valence-corrected chi connectivity index (χ1v) is 19.8. The van der Waals surface area contributed by atoms with Gasteiger partial charge >= 0.3 is 0 Å². The molecule has 0 saturated carbocycles. The fourth-order valence-corrected chi connectivity index (χ4v) is 6.34. The quantitative estimate of drug-likeness (QED) is 0.0521. The minimum Gasteiger partial charge on any atom is -0.394 e. The van der Waals surface area contributed by atoms with E-state index in [0.29, 0.717) is 12.8 Å². The maximum absolute atomic E-state index is 12.4. The zero-order valence-corrected chi connectivity index (χ0v) is 29.8. The largest absolute Gasteiger partial charge is 0.394 e. The van der Waals surface area contributed by atoms with E-state index < -0.39 is 18.2 Å². The first-order chi connectivity index (χ1) is 21.6. The molecule has 0 bridgehead atoms. The fraction of sp³-hybridized carbons (Fsp3) is 0.974. The Bertz CT molecular complexity index is 572. The predicted molar refractivity (Wildman–Crippen MR) is 190 cm³/mol. The second kappa shape index (κ2) is 35.2. The second-order valence-electron chi connectivity index (χ2n) is 13.9. The van der Waals surface area contributed by atoms with Gasteiger partial charge in [0.15, 0.2) is 0 Å². The molecule has 0 heterocycles. The van der Waals surface area contributed by atoms with Crippen molar-refractivity contribution >= 4 is 5.91 Å². The molecule has 44 heavy (non-hydrogen) atoms. The van der Waals surface area contributed by atoms with E-state index in [1.165, 1.54) is 154 Å². The fourth-order valence-electron chi connectivity index (χ4n) is 6.34. The van der Waals surface area contributed by atoms with Crippen LogP contribution in [0, 0.1) is 0 Å². The summed E-state index contributed by atoms with van der Waals surface area (Å²) in [6.45, 7) is 4.17. The van der Waals surface area contributed by atoms with Crippen LogP contribution in [0.15, 0.2) is 0 Å². The van der Waals surface area contributed by atoms with Crippen molar-refractivity contribution < 1.29 is 20.1 Å². The molecule has 0 aromatic rings. The summed E-state index contributed by atoms with van der Waals surface area (Å²) >= 11 is 0. The molecule has 0 fully saturated rings. The number of amides is 1. The molecule has 0 aromatic heterocycles. The average Bonchev–Trinajstić information content (AvgIpc) is 3.03. The molecule has 0 aliphatic rings. The number of unbranched alkanes of at least 4 members (excludes halogenated alkanes) is 28. The Morgan fingerprint density at radius 2 is 0.773 bits per heavy atom. The van der Waals surface area contributed by atoms with Crippen LogP contribution < -0.4 is 5.32 Å². The molecule has 0 unspecified atom stereocenters. The van der Waals surface area contributed by atoms with E-state index in [0.717, 1.165) is 38.5 Å². The second-order valence-corrected chi connectivity index (χ2v) is 13.9. The minimum absolute atomic E-state index is 0.142. The van der Waals surface area contributed by atoms with Gasteiger partial charge in [0.2, 0.25) is 5.91 Å². The molecule has 0 rings (SSSR count). The van der Waals surface area contributed by atoms with E-state index in [2.05, 4.69) is 19.2 Å². The number of hydrogen-bond acceptors (Lipinski definition) is 4. The summed E-state index contributed by atoms with van der Waals surface area (Å²) in [6.07, 6.45) is 37.8. The lowest BCUT2D eigenvalue weighted by atomic mass is 9.99. The van der Waals surface area contributed by atoms with Crippen LogP contribution >= 0.6 is 0 Å². The Kier molecular flexibility index (Phi) is 34.7. The van der Waals surface area contributed by atoms with E-state index in [-0.39, 0.29) is 12.5 Å². The van der Waals surface area contributed by atoms with Gasteiger partial charge in [0.05, 0.1) is 18.8 Å². The molecule has 0 aliphatic carbocycles. The van der Waals surface area contributed by atoms with Crippen molar-refractivity contribution in [1.82, 2.24) is 5.32 Å². The van der Waals surface area contributed by atoms with Crippen LogP contribution in [0.5, 0.6) is 0 Å². The number of aliphatic hydroxyl groups is 3. The number of hydrogen-bond donors (Lipinski definition) is 4. The third kappa shape index (κ3) is 30.0. The predicted octanol–water partition coefficient (Wildman–Crippen LogP) is 10.7. The van der Waals surface area contributed by atoms with Gasteiger partial charge in [-0.25, -0.2) is 0 Å². The highest BCUT2D eigenvalue weighted by atomic mass is 16.3. The third-order valence-corrected chi connectivity index (χ3v) is 9.46. The molecular weight excluding hydrogens is 546 g/mol. The normalized spacial score (nSPS) is 13.7. The van der Waals surface area contributed by atoms with Crippen LogP contribution in [-0.2, 0) is 4.79 Å². The van der Waals surface area contributed by atoms with Gasteiger partial charge < -0.3 is 20.6 Å². The molecule has 0 saturated heterocycles. The highest BCUT2D eigenvalue weighted by Crippen LogP contribution is 2.16. The minimum atomic E-state index is -1.13. The topological polar surface area (TPSA) is 89.8 Å². The molecular formula is C39H79NO4. The number of rotatable bonds is 36. The van der Waals surface area contributed by atoms with Gasteiger partial charge in [0.25, 0.3) is 0 Å². The molecule has 0 spiro atoms. The van der Waals surface area contributed by atoms with E-state index in [4.69, 9.17) is 0 Å². The number of nitrogens with one attached hydrogen (secondary N) is 1. The van der Waals surface area contributed by atoms with Gasteiger partial charge in [-0.3, -0.25) is 4.79 Å². The monoisotopic (exact) mass is 626 g/mol. The lowest BCUT2D eigenvalue weighted by molar-refractivity contribution is -0.124. The first kappa shape index (κ1) is 43.4. The Hall–Kier alpha value is -0.650. The molecule has 0 aromatic carbocycles. The molecule has 4 N–H and O–H groups in total. The van der Waals surface area contributed by atoms with Gasteiger partial charge in [-0.15, -0.1) is 0 Å². The summed E-state index contributed by atoms with van der Waals surface area (Å²) in [7, 11) is 0. The highest BCUT2D eigenvalue weighted by molar-refractivity contribution is 5.76. The van der Waals surface area contributed by atoms with Crippen LogP contribution in [-0.4, -0.2) is 46.1 Å². The summed E-state index contributed by atoms with van der Waals surface area (Å²) in [5.41, 5.74) is 0. The number of carbonyl (C=O) groups is 1. The summed E-state index contributed by atoms with van der Waals surface area (Å²) in [6, 6.07) is -0.800. The summed E-state index contributed by atoms with van der Waals surface area (Å²) in [4.78, 5) is 12.4. The lowest BCUT2D eigenvalue weighted by Crippen LogP contribution is -2.50. The Morgan fingerprint density at radius 3 is 1.09 bits per heavy atom. The van der Waals surface area contributed by atoms with Crippen LogP contribution in [0.3, 0.4) is 0 Å². The van der Waals surface area contributed by atoms with E-state index in [1.54, 1.807) is 0 Å². The Balaban J connectivity index is 3.57. The zero-order chi connectivity index (χ0) is 32.4. The zero-order valence-electron chi connectivity index (χ0n) is 29.8. The van der Waals surface area contributed by atoms with Gasteiger partial charge in [0.1, 0.15) is 6.10 Å².